The van der Waals surface area contributed by atoms with Gasteiger partial charge in [-0.1, -0.05) is 57.3 Å². The van der Waals surface area contributed by atoms with Crippen LogP contribution >= 0.6 is 12.2 Å². The van der Waals surface area contributed by atoms with Crippen LogP contribution in [0.5, 0.6) is 5.75 Å². The predicted molar refractivity (Wildman–Crippen MR) is 130 cm³/mol. The first kappa shape index (κ1) is 21.8. The van der Waals surface area contributed by atoms with Crippen molar-refractivity contribution in [2.75, 3.05) is 7.11 Å². The molecule has 1 N–H and O–H groups in total. The summed E-state index contributed by atoms with van der Waals surface area (Å²) in [6.07, 6.45) is 5.44. The Labute approximate surface area is 193 Å². The van der Waals surface area contributed by atoms with Crippen LogP contribution in [-0.4, -0.2) is 27.3 Å². The van der Waals surface area contributed by atoms with Gasteiger partial charge in [0.1, 0.15) is 10.4 Å². The average molecular weight is 443 g/mol. The summed E-state index contributed by atoms with van der Waals surface area (Å²) < 4.78 is 5.92. The lowest BCUT2D eigenvalue weighted by Gasteiger charge is -2.31. The lowest BCUT2D eigenvalue weighted by Crippen LogP contribution is -2.20. The van der Waals surface area contributed by atoms with Crippen molar-refractivity contribution in [3.63, 3.8) is 0 Å². The van der Waals surface area contributed by atoms with Gasteiger partial charge in [-0.25, -0.2) is 0 Å². The van der Waals surface area contributed by atoms with Gasteiger partial charge in [0.05, 0.1) is 19.0 Å². The minimum atomic E-state index is -0.0104. The van der Waals surface area contributed by atoms with Crippen LogP contribution in [0.15, 0.2) is 73.2 Å². The Morgan fingerprint density at radius 1 is 0.875 bits per heavy atom. The van der Waals surface area contributed by atoms with Crippen LogP contribution in [0.4, 0.5) is 0 Å². The van der Waals surface area contributed by atoms with Gasteiger partial charge in [0.2, 0.25) is 0 Å². The number of hydrogen-bond acceptors (Lipinski definition) is 5. The highest BCUT2D eigenvalue weighted by Gasteiger charge is 2.29. The molecule has 0 aliphatic carbocycles. The van der Waals surface area contributed by atoms with Gasteiger partial charge in [-0.15, -0.1) is 0 Å². The highest BCUT2D eigenvalue weighted by atomic mass is 32.1. The zero-order valence-electron chi connectivity index (χ0n) is 18.7. The Morgan fingerprint density at radius 3 is 2.22 bits per heavy atom. The third kappa shape index (κ3) is 4.75. The molecule has 1 aromatic carbocycles. The Balaban J connectivity index is 1.65. The number of aromatic nitrogens is 4. The quantitative estimate of drug-likeness (QED) is 0.360. The Hall–Kier alpha value is -3.38. The normalized spacial score (nSPS) is 12.4. The van der Waals surface area contributed by atoms with Gasteiger partial charge >= 0.3 is 0 Å². The van der Waals surface area contributed by atoms with E-state index >= 15 is 0 Å². The first-order valence-corrected chi connectivity index (χ1v) is 10.9. The molecule has 0 radical (unpaired) electrons. The first-order valence-electron chi connectivity index (χ1n) is 10.5. The minimum Gasteiger partial charge on any atom is -0.495 e. The van der Waals surface area contributed by atoms with Crippen LogP contribution in [-0.2, 0) is 0 Å². The molecule has 0 saturated carbocycles. The molecule has 0 bridgehead atoms. The number of H-pyrrole nitrogens is 1. The second kappa shape index (κ2) is 9.01. The Kier molecular flexibility index (Phi) is 6.15. The molecule has 4 rings (SSSR count). The molecule has 0 spiro atoms. The van der Waals surface area contributed by atoms with Gasteiger partial charge in [-0.3, -0.25) is 15.1 Å². The zero-order valence-corrected chi connectivity index (χ0v) is 19.5. The first-order chi connectivity index (χ1) is 15.3. The van der Waals surface area contributed by atoms with E-state index in [9.17, 15) is 0 Å². The molecule has 1 unspecified atom stereocenters. The van der Waals surface area contributed by atoms with Crippen molar-refractivity contribution in [2.24, 2.45) is 5.41 Å². The molecule has 5 nitrogen and oxygen atoms in total. The molecule has 3 heterocycles. The van der Waals surface area contributed by atoms with Crippen molar-refractivity contribution in [3.8, 4) is 28.1 Å². The molecular weight excluding hydrogens is 416 g/mol. The van der Waals surface area contributed by atoms with E-state index in [4.69, 9.17) is 21.9 Å². The van der Waals surface area contributed by atoms with Crippen LogP contribution in [0.3, 0.4) is 0 Å². The summed E-state index contributed by atoms with van der Waals surface area (Å²) in [6, 6.07) is 18.5. The SMILES string of the molecule is COc1cncc(-c2ccc(C(c3ccc(-c4ccc(=S)[nH]n4)cn3)C(C)(C)C)cc2)c1. The van der Waals surface area contributed by atoms with E-state index in [0.717, 1.165) is 33.8 Å². The Morgan fingerprint density at radius 2 is 1.62 bits per heavy atom. The number of benzene rings is 1. The van der Waals surface area contributed by atoms with Crippen molar-refractivity contribution in [1.29, 1.82) is 0 Å². The molecule has 6 heteroatoms. The van der Waals surface area contributed by atoms with Gasteiger partial charge in [0.25, 0.3) is 0 Å². The maximum atomic E-state index is 5.31. The maximum absolute atomic E-state index is 5.31. The maximum Gasteiger partial charge on any atom is 0.137 e. The van der Waals surface area contributed by atoms with Gasteiger partial charge in [-0.05, 0) is 46.9 Å². The lowest BCUT2D eigenvalue weighted by atomic mass is 9.74. The fourth-order valence-electron chi connectivity index (χ4n) is 3.90. The molecule has 32 heavy (non-hydrogen) atoms. The summed E-state index contributed by atoms with van der Waals surface area (Å²) in [5.41, 5.74) is 6.14. The van der Waals surface area contributed by atoms with E-state index < -0.39 is 0 Å². The van der Waals surface area contributed by atoms with E-state index in [2.05, 4.69) is 72.4 Å². The molecule has 0 aliphatic heterocycles. The van der Waals surface area contributed by atoms with Crippen molar-refractivity contribution in [3.05, 3.63) is 89.1 Å². The molecule has 4 aromatic rings. The number of rotatable bonds is 5. The number of pyridine rings is 2. The third-order valence-electron chi connectivity index (χ3n) is 5.45. The predicted octanol–water partition coefficient (Wildman–Crippen LogP) is 6.45. The van der Waals surface area contributed by atoms with Gasteiger partial charge < -0.3 is 4.74 Å². The molecule has 0 aliphatic rings. The molecule has 1 atom stereocenters. The standard InChI is InChI=1S/C26H26N4OS/c1-26(2,3)25(23-10-9-19(15-28-23)22-11-12-24(32)30-29-22)18-7-5-17(6-8-18)20-13-21(31-4)16-27-14-20/h5-16,25H,1-4H3,(H,30,32). The summed E-state index contributed by atoms with van der Waals surface area (Å²) in [5.74, 6) is 0.890. The highest BCUT2D eigenvalue weighted by Crippen LogP contribution is 2.40. The van der Waals surface area contributed by atoms with E-state index in [0.29, 0.717) is 4.64 Å². The second-order valence-electron chi connectivity index (χ2n) is 8.81. The van der Waals surface area contributed by atoms with Crippen LogP contribution in [0.2, 0.25) is 0 Å². The molecule has 0 fully saturated rings. The molecule has 3 aromatic heterocycles. The molecular formula is C26H26N4OS. The summed E-state index contributed by atoms with van der Waals surface area (Å²) in [7, 11) is 1.65. The van der Waals surface area contributed by atoms with Crippen LogP contribution in [0.1, 0.15) is 37.9 Å². The summed E-state index contributed by atoms with van der Waals surface area (Å²) in [4.78, 5) is 9.08. The van der Waals surface area contributed by atoms with E-state index in [1.54, 1.807) is 13.3 Å². The highest BCUT2D eigenvalue weighted by molar-refractivity contribution is 7.71. The van der Waals surface area contributed by atoms with Crippen LogP contribution < -0.4 is 4.74 Å². The molecule has 0 amide bonds. The number of methoxy groups -OCH3 is 1. The number of hydrogen-bond donors (Lipinski definition) is 1. The number of nitrogens with one attached hydrogen (secondary N) is 1. The van der Waals surface area contributed by atoms with E-state index in [1.165, 1.54) is 5.56 Å². The van der Waals surface area contributed by atoms with E-state index in [1.807, 2.05) is 30.6 Å². The van der Waals surface area contributed by atoms with E-state index in [-0.39, 0.29) is 11.3 Å². The number of ether oxygens (including phenoxy) is 1. The van der Waals surface area contributed by atoms with Crippen LogP contribution in [0, 0.1) is 10.1 Å². The van der Waals surface area contributed by atoms with Crippen molar-refractivity contribution >= 4 is 12.2 Å². The lowest BCUT2D eigenvalue weighted by molar-refractivity contribution is 0.353. The fourth-order valence-corrected chi connectivity index (χ4v) is 4.02. The smallest absolute Gasteiger partial charge is 0.137 e. The summed E-state index contributed by atoms with van der Waals surface area (Å²) in [5, 5.41) is 7.13. The topological polar surface area (TPSA) is 63.7 Å². The molecule has 0 saturated heterocycles. The van der Waals surface area contributed by atoms with Gasteiger partial charge in [-0.2, -0.15) is 5.10 Å². The van der Waals surface area contributed by atoms with Crippen molar-refractivity contribution in [2.45, 2.75) is 26.7 Å². The second-order valence-corrected chi connectivity index (χ2v) is 9.25. The molecule has 162 valence electrons. The summed E-state index contributed by atoms with van der Waals surface area (Å²) >= 11 is 5.08. The monoisotopic (exact) mass is 442 g/mol. The largest absolute Gasteiger partial charge is 0.495 e. The Bertz CT molecular complexity index is 1240. The van der Waals surface area contributed by atoms with Crippen molar-refractivity contribution < 1.29 is 4.74 Å². The average Bonchev–Trinajstić information content (AvgIpc) is 2.80. The fraction of sp³-hybridized carbons (Fsp3) is 0.231. The zero-order chi connectivity index (χ0) is 22.7. The third-order valence-corrected chi connectivity index (χ3v) is 5.68. The number of aromatic amines is 1. The van der Waals surface area contributed by atoms with Gasteiger partial charge in [0, 0.05) is 35.1 Å². The number of nitrogens with zero attached hydrogens (tertiary/aromatic N) is 3. The summed E-state index contributed by atoms with van der Waals surface area (Å²) in [6.45, 7) is 6.73. The minimum absolute atomic E-state index is 0.0104. The van der Waals surface area contributed by atoms with Crippen molar-refractivity contribution in [1.82, 2.24) is 20.2 Å². The van der Waals surface area contributed by atoms with Gasteiger partial charge in [0.15, 0.2) is 0 Å². The van der Waals surface area contributed by atoms with Crippen LogP contribution in [0.25, 0.3) is 22.4 Å².